The Kier molecular flexibility index (Phi) is 6.83. The number of ether oxygens (including phenoxy) is 2. The number of anilines is 1. The van der Waals surface area contributed by atoms with E-state index in [9.17, 15) is 14.7 Å². The normalized spacial score (nSPS) is 14.6. The quantitative estimate of drug-likeness (QED) is 0.529. The van der Waals surface area contributed by atoms with Crippen LogP contribution in [-0.4, -0.2) is 56.9 Å². The van der Waals surface area contributed by atoms with Gasteiger partial charge in [-0.25, -0.2) is 0 Å². The number of aliphatic hydroxyl groups excluding tert-OH is 1. The largest absolute Gasteiger partial charge is 0.488 e. The number of rotatable bonds is 8. The number of nitrogens with zero attached hydrogens (tertiary/aromatic N) is 3. The molecular weight excluding hydrogens is 436 g/mol. The number of hydrogen-bond donors (Lipinski definition) is 2. The molecule has 1 aliphatic heterocycles. The van der Waals surface area contributed by atoms with E-state index >= 15 is 0 Å². The van der Waals surface area contributed by atoms with Gasteiger partial charge >= 0.3 is 0 Å². The number of amides is 2. The van der Waals surface area contributed by atoms with Crippen molar-refractivity contribution in [3.8, 4) is 17.2 Å². The summed E-state index contributed by atoms with van der Waals surface area (Å²) < 4.78 is 13.4. The molecule has 2 heterocycles. The van der Waals surface area contributed by atoms with Crippen molar-refractivity contribution in [2.45, 2.75) is 32.5 Å². The van der Waals surface area contributed by atoms with Crippen LogP contribution in [0.25, 0.3) is 0 Å². The van der Waals surface area contributed by atoms with E-state index in [4.69, 9.17) is 9.47 Å². The molecule has 2 amide bonds. The molecule has 34 heavy (non-hydrogen) atoms. The summed E-state index contributed by atoms with van der Waals surface area (Å²) in [7, 11) is 1.76. The maximum absolute atomic E-state index is 12.9. The van der Waals surface area contributed by atoms with Gasteiger partial charge in [-0.05, 0) is 56.7 Å². The third-order valence-corrected chi connectivity index (χ3v) is 5.58. The molecule has 1 aliphatic rings. The first kappa shape index (κ1) is 23.3. The van der Waals surface area contributed by atoms with Crippen LogP contribution in [0.2, 0.25) is 0 Å². The minimum absolute atomic E-state index is 0.00814. The van der Waals surface area contributed by atoms with E-state index < -0.39 is 12.2 Å². The fourth-order valence-electron chi connectivity index (χ4n) is 3.32. The van der Waals surface area contributed by atoms with E-state index in [2.05, 4.69) is 10.4 Å². The van der Waals surface area contributed by atoms with Gasteiger partial charge in [-0.15, -0.1) is 0 Å². The minimum Gasteiger partial charge on any atom is -0.488 e. The molecule has 0 aliphatic carbocycles. The lowest BCUT2D eigenvalue weighted by Gasteiger charge is -2.30. The summed E-state index contributed by atoms with van der Waals surface area (Å²) in [6, 6.07) is 13.4. The summed E-state index contributed by atoms with van der Waals surface area (Å²) in [6.07, 6.45) is 1.57. The standard InChI is InChI=1S/C25H28N4O5/c1-16(30)17(2)33-21-13-19(24(31)26-23-9-12-28(3)27-23)14-22(15-21)34-20-7-5-18(6-8-20)25(32)29-10-4-11-29/h5-9,12-17,30H,4,10-11H2,1-3H3,(H,26,27,31)/t16-,17-/m0/s1. The highest BCUT2D eigenvalue weighted by molar-refractivity contribution is 6.04. The lowest BCUT2D eigenvalue weighted by molar-refractivity contribution is 0.0602. The molecule has 3 aromatic rings. The Balaban J connectivity index is 1.55. The second kappa shape index (κ2) is 9.96. The van der Waals surface area contributed by atoms with E-state index in [-0.39, 0.29) is 11.8 Å². The maximum Gasteiger partial charge on any atom is 0.257 e. The highest BCUT2D eigenvalue weighted by Crippen LogP contribution is 2.29. The summed E-state index contributed by atoms with van der Waals surface area (Å²) in [5, 5.41) is 16.7. The van der Waals surface area contributed by atoms with Crippen LogP contribution in [0, 0.1) is 0 Å². The average molecular weight is 465 g/mol. The summed E-state index contributed by atoms with van der Waals surface area (Å²) in [5.41, 5.74) is 0.908. The topological polar surface area (TPSA) is 106 Å². The molecule has 178 valence electrons. The van der Waals surface area contributed by atoms with Crippen LogP contribution in [0.4, 0.5) is 5.82 Å². The first-order valence-corrected chi connectivity index (χ1v) is 11.2. The van der Waals surface area contributed by atoms with Crippen molar-refractivity contribution >= 4 is 17.6 Å². The molecule has 0 unspecified atom stereocenters. The molecule has 4 rings (SSSR count). The van der Waals surface area contributed by atoms with Crippen molar-refractivity contribution in [2.75, 3.05) is 18.4 Å². The van der Waals surface area contributed by atoms with Gasteiger partial charge in [0.05, 0.1) is 6.10 Å². The lowest BCUT2D eigenvalue weighted by Crippen LogP contribution is -2.41. The van der Waals surface area contributed by atoms with Gasteiger partial charge in [0.25, 0.3) is 11.8 Å². The van der Waals surface area contributed by atoms with Gasteiger partial charge in [0.1, 0.15) is 23.4 Å². The Morgan fingerprint density at radius 3 is 2.29 bits per heavy atom. The monoisotopic (exact) mass is 464 g/mol. The fraction of sp³-hybridized carbons (Fsp3) is 0.320. The van der Waals surface area contributed by atoms with Gasteiger partial charge in [-0.2, -0.15) is 5.10 Å². The van der Waals surface area contributed by atoms with Crippen LogP contribution >= 0.6 is 0 Å². The van der Waals surface area contributed by atoms with Crippen molar-refractivity contribution in [3.63, 3.8) is 0 Å². The minimum atomic E-state index is -0.702. The van der Waals surface area contributed by atoms with Gasteiger partial charge in [0.2, 0.25) is 0 Å². The third-order valence-electron chi connectivity index (χ3n) is 5.58. The van der Waals surface area contributed by atoms with Gasteiger partial charge in [-0.3, -0.25) is 14.3 Å². The second-order valence-corrected chi connectivity index (χ2v) is 8.36. The van der Waals surface area contributed by atoms with Crippen LogP contribution in [0.1, 0.15) is 41.0 Å². The highest BCUT2D eigenvalue weighted by atomic mass is 16.5. The molecule has 9 nitrogen and oxygen atoms in total. The molecule has 0 spiro atoms. The first-order chi connectivity index (χ1) is 16.3. The molecule has 1 fully saturated rings. The SMILES string of the molecule is C[C@H](O)[C@H](C)Oc1cc(Oc2ccc(C(=O)N3CCC3)cc2)cc(C(=O)Nc2ccn(C)n2)c1. The Morgan fingerprint density at radius 1 is 1.00 bits per heavy atom. The fourth-order valence-corrected chi connectivity index (χ4v) is 3.32. The predicted octanol–water partition coefficient (Wildman–Crippen LogP) is 3.46. The van der Waals surface area contributed by atoms with Gasteiger partial charge < -0.3 is 24.8 Å². The van der Waals surface area contributed by atoms with Crippen LogP contribution in [0.3, 0.4) is 0 Å². The third kappa shape index (κ3) is 5.55. The van der Waals surface area contributed by atoms with Gasteiger partial charge in [0, 0.05) is 49.6 Å². The van der Waals surface area contributed by atoms with Crippen molar-refractivity contribution in [1.29, 1.82) is 0 Å². The van der Waals surface area contributed by atoms with Gasteiger partial charge in [0.15, 0.2) is 5.82 Å². The Morgan fingerprint density at radius 2 is 1.71 bits per heavy atom. The number of nitrogens with one attached hydrogen (secondary N) is 1. The molecule has 0 saturated carbocycles. The number of carbonyl (C=O) groups excluding carboxylic acids is 2. The molecule has 2 aromatic carbocycles. The number of carbonyl (C=O) groups is 2. The highest BCUT2D eigenvalue weighted by Gasteiger charge is 2.21. The lowest BCUT2D eigenvalue weighted by atomic mass is 10.1. The molecule has 0 bridgehead atoms. The average Bonchev–Trinajstić information content (AvgIpc) is 3.17. The summed E-state index contributed by atoms with van der Waals surface area (Å²) in [5.74, 6) is 1.31. The zero-order valence-electron chi connectivity index (χ0n) is 19.4. The molecule has 2 N–H and O–H groups in total. The van der Waals surface area contributed by atoms with E-state index in [0.717, 1.165) is 19.5 Å². The maximum atomic E-state index is 12.9. The Bertz CT molecular complexity index is 1170. The summed E-state index contributed by atoms with van der Waals surface area (Å²) in [4.78, 5) is 27.0. The van der Waals surface area contributed by atoms with Crippen molar-refractivity contribution in [2.24, 2.45) is 7.05 Å². The molecule has 1 saturated heterocycles. The number of aromatic nitrogens is 2. The molecule has 1 aromatic heterocycles. The van der Waals surface area contributed by atoms with Crippen molar-refractivity contribution in [3.05, 3.63) is 65.9 Å². The van der Waals surface area contributed by atoms with Gasteiger partial charge in [-0.1, -0.05) is 0 Å². The second-order valence-electron chi connectivity index (χ2n) is 8.36. The van der Waals surface area contributed by atoms with Crippen molar-refractivity contribution in [1.82, 2.24) is 14.7 Å². The summed E-state index contributed by atoms with van der Waals surface area (Å²) >= 11 is 0. The van der Waals surface area contributed by atoms with E-state index in [0.29, 0.717) is 34.2 Å². The number of benzene rings is 2. The predicted molar refractivity (Wildman–Crippen MR) is 126 cm³/mol. The zero-order valence-corrected chi connectivity index (χ0v) is 19.4. The van der Waals surface area contributed by atoms with Crippen molar-refractivity contribution < 1.29 is 24.2 Å². The molecule has 0 radical (unpaired) electrons. The van der Waals surface area contributed by atoms with Crippen LogP contribution in [0.5, 0.6) is 17.2 Å². The molecule has 2 atom stereocenters. The first-order valence-electron chi connectivity index (χ1n) is 11.2. The van der Waals surface area contributed by atoms with Crippen LogP contribution < -0.4 is 14.8 Å². The zero-order chi connectivity index (χ0) is 24.2. The summed E-state index contributed by atoms with van der Waals surface area (Å²) in [6.45, 7) is 4.94. The van der Waals surface area contributed by atoms with E-state index in [1.807, 2.05) is 0 Å². The number of likely N-dealkylation sites (tertiary alicyclic amines) is 1. The molecular formula is C25H28N4O5. The Hall–Kier alpha value is -3.85. The number of hydrogen-bond acceptors (Lipinski definition) is 6. The molecule has 9 heteroatoms. The van der Waals surface area contributed by atoms with E-state index in [1.54, 1.807) is 85.2 Å². The number of aryl methyl sites for hydroxylation is 1. The van der Waals surface area contributed by atoms with E-state index in [1.165, 1.54) is 0 Å². The van der Waals surface area contributed by atoms with Crippen LogP contribution in [-0.2, 0) is 7.05 Å². The Labute approximate surface area is 197 Å². The van der Waals surface area contributed by atoms with Crippen LogP contribution in [0.15, 0.2) is 54.7 Å². The number of aliphatic hydroxyl groups is 1. The smallest absolute Gasteiger partial charge is 0.257 e.